The molecule has 1 heterocycles. The number of nitrogens with zero attached hydrogens (tertiary/aromatic N) is 2. The molecule has 0 atom stereocenters. The largest absolute Gasteiger partial charge is 0.396 e. The number of aromatic nitrogens is 2. The summed E-state index contributed by atoms with van der Waals surface area (Å²) in [7, 11) is 0. The molecule has 15 heavy (non-hydrogen) atoms. The summed E-state index contributed by atoms with van der Waals surface area (Å²) in [6.07, 6.45) is 3.99. The highest BCUT2D eigenvalue weighted by Gasteiger charge is 1.95. The topological polar surface area (TPSA) is 58.0 Å². The van der Waals surface area contributed by atoms with E-state index in [4.69, 9.17) is 16.7 Å². The highest BCUT2D eigenvalue weighted by atomic mass is 35.5. The van der Waals surface area contributed by atoms with Crippen LogP contribution in [0, 0.1) is 0 Å². The van der Waals surface area contributed by atoms with Crippen molar-refractivity contribution >= 4 is 29.2 Å². The van der Waals surface area contributed by atoms with Crippen molar-refractivity contribution in [1.29, 1.82) is 0 Å². The maximum absolute atomic E-state index is 8.57. The molecule has 0 radical (unpaired) electrons. The van der Waals surface area contributed by atoms with Crippen molar-refractivity contribution in [3.05, 3.63) is 17.5 Å². The van der Waals surface area contributed by atoms with Crippen LogP contribution >= 0.6 is 23.4 Å². The highest BCUT2D eigenvalue weighted by Crippen LogP contribution is 2.07. The van der Waals surface area contributed by atoms with Crippen molar-refractivity contribution in [2.24, 2.45) is 0 Å². The van der Waals surface area contributed by atoms with E-state index in [-0.39, 0.29) is 6.61 Å². The molecule has 0 bridgehead atoms. The van der Waals surface area contributed by atoms with Crippen molar-refractivity contribution in [3.8, 4) is 0 Å². The lowest BCUT2D eigenvalue weighted by Crippen LogP contribution is -2.06. The molecule has 84 valence electrons. The van der Waals surface area contributed by atoms with E-state index in [2.05, 4.69) is 15.3 Å². The molecular formula is C9H14ClN3OS. The number of thioether (sulfide) groups is 1. The molecule has 6 heteroatoms. The summed E-state index contributed by atoms with van der Waals surface area (Å²) >= 11 is 7.48. The van der Waals surface area contributed by atoms with Crippen molar-refractivity contribution in [1.82, 2.24) is 9.97 Å². The lowest BCUT2D eigenvalue weighted by atomic mass is 10.5. The average molecular weight is 248 g/mol. The zero-order valence-corrected chi connectivity index (χ0v) is 9.89. The molecule has 4 nitrogen and oxygen atoms in total. The van der Waals surface area contributed by atoms with Crippen LogP contribution in [-0.2, 0) is 0 Å². The van der Waals surface area contributed by atoms with Gasteiger partial charge in [-0.25, -0.2) is 4.98 Å². The second-order valence-electron chi connectivity index (χ2n) is 2.84. The van der Waals surface area contributed by atoms with Crippen molar-refractivity contribution in [3.63, 3.8) is 0 Å². The van der Waals surface area contributed by atoms with Gasteiger partial charge in [-0.15, -0.1) is 0 Å². The minimum atomic E-state index is 0.264. The van der Waals surface area contributed by atoms with Gasteiger partial charge in [-0.3, -0.25) is 4.98 Å². The van der Waals surface area contributed by atoms with Crippen molar-refractivity contribution < 1.29 is 5.11 Å². The van der Waals surface area contributed by atoms with Crippen molar-refractivity contribution in [2.75, 3.05) is 30.0 Å². The molecule has 0 aliphatic carbocycles. The molecule has 0 aliphatic rings. The smallest absolute Gasteiger partial charge is 0.149 e. The molecule has 0 aliphatic heterocycles. The van der Waals surface area contributed by atoms with Gasteiger partial charge in [0.05, 0.1) is 12.4 Å². The Kier molecular flexibility index (Phi) is 6.47. The minimum Gasteiger partial charge on any atom is -0.396 e. The summed E-state index contributed by atoms with van der Waals surface area (Å²) in [6.45, 7) is 1.09. The van der Waals surface area contributed by atoms with Gasteiger partial charge in [0, 0.05) is 18.9 Å². The number of hydrogen-bond donors (Lipinski definition) is 2. The first-order chi connectivity index (χ1) is 7.33. The van der Waals surface area contributed by atoms with Crippen LogP contribution in [0.4, 0.5) is 5.82 Å². The molecule has 2 N–H and O–H groups in total. The van der Waals surface area contributed by atoms with E-state index < -0.39 is 0 Å². The second-order valence-corrected chi connectivity index (χ2v) is 4.46. The highest BCUT2D eigenvalue weighted by molar-refractivity contribution is 7.99. The Morgan fingerprint density at radius 3 is 3.00 bits per heavy atom. The van der Waals surface area contributed by atoms with E-state index in [0.717, 1.165) is 24.5 Å². The third kappa shape index (κ3) is 5.81. The number of aliphatic hydroxyl groups excluding tert-OH is 1. The Morgan fingerprint density at radius 1 is 1.40 bits per heavy atom. The summed E-state index contributed by atoms with van der Waals surface area (Å²) in [5.74, 6) is 2.67. The van der Waals surface area contributed by atoms with E-state index in [1.54, 1.807) is 18.0 Å². The molecule has 0 fully saturated rings. The molecule has 0 amide bonds. The number of anilines is 1. The van der Waals surface area contributed by atoms with Gasteiger partial charge in [0.1, 0.15) is 11.0 Å². The van der Waals surface area contributed by atoms with Crippen LogP contribution in [0.1, 0.15) is 6.42 Å². The molecule has 0 saturated carbocycles. The number of hydrogen-bond acceptors (Lipinski definition) is 5. The molecule has 1 aromatic rings. The maximum atomic E-state index is 8.57. The van der Waals surface area contributed by atoms with Crippen LogP contribution in [0.5, 0.6) is 0 Å². The number of nitrogens with one attached hydrogen (secondary N) is 1. The first kappa shape index (κ1) is 12.5. The third-order valence-electron chi connectivity index (χ3n) is 1.60. The summed E-state index contributed by atoms with van der Waals surface area (Å²) < 4.78 is 0. The van der Waals surface area contributed by atoms with Crippen LogP contribution in [-0.4, -0.2) is 39.7 Å². The predicted octanol–water partition coefficient (Wildman–Crippen LogP) is 1.66. The fourth-order valence-corrected chi connectivity index (χ4v) is 1.88. The summed E-state index contributed by atoms with van der Waals surface area (Å²) in [6, 6.07) is 0. The lowest BCUT2D eigenvalue weighted by Gasteiger charge is -2.04. The van der Waals surface area contributed by atoms with Gasteiger partial charge < -0.3 is 10.4 Å². The van der Waals surface area contributed by atoms with E-state index in [1.807, 2.05) is 0 Å². The van der Waals surface area contributed by atoms with Gasteiger partial charge in [-0.1, -0.05) is 11.6 Å². The predicted molar refractivity (Wildman–Crippen MR) is 64.6 cm³/mol. The standard InChI is InChI=1S/C9H14ClN3OS/c10-8-6-11-7-9(13-8)12-2-5-15-4-1-3-14/h6-7,14H,1-5H2,(H,12,13). The molecule has 1 aromatic heterocycles. The fraction of sp³-hybridized carbons (Fsp3) is 0.556. The van der Waals surface area contributed by atoms with Gasteiger partial charge in [-0.05, 0) is 12.2 Å². The fourth-order valence-electron chi connectivity index (χ4n) is 0.947. The average Bonchev–Trinajstić information content (AvgIpc) is 2.23. The SMILES string of the molecule is OCCCSCCNc1cncc(Cl)n1. The van der Waals surface area contributed by atoms with Crippen LogP contribution < -0.4 is 5.32 Å². The first-order valence-electron chi connectivity index (χ1n) is 4.73. The van der Waals surface area contributed by atoms with Gasteiger partial charge in [0.25, 0.3) is 0 Å². The third-order valence-corrected chi connectivity index (χ3v) is 2.86. The van der Waals surface area contributed by atoms with E-state index in [0.29, 0.717) is 11.0 Å². The monoisotopic (exact) mass is 247 g/mol. The molecule has 0 aromatic carbocycles. The van der Waals surface area contributed by atoms with Crippen LogP contribution in [0.3, 0.4) is 0 Å². The van der Waals surface area contributed by atoms with Gasteiger partial charge in [-0.2, -0.15) is 11.8 Å². The molecule has 0 spiro atoms. The molecular weight excluding hydrogens is 234 g/mol. The van der Waals surface area contributed by atoms with Crippen molar-refractivity contribution in [2.45, 2.75) is 6.42 Å². The lowest BCUT2D eigenvalue weighted by molar-refractivity contribution is 0.296. The summed E-state index contributed by atoms with van der Waals surface area (Å²) in [4.78, 5) is 7.97. The summed E-state index contributed by atoms with van der Waals surface area (Å²) in [5, 5.41) is 12.1. The van der Waals surface area contributed by atoms with Gasteiger partial charge >= 0.3 is 0 Å². The van der Waals surface area contributed by atoms with Crippen LogP contribution in [0.2, 0.25) is 5.15 Å². The van der Waals surface area contributed by atoms with E-state index >= 15 is 0 Å². The number of aliphatic hydroxyl groups is 1. The van der Waals surface area contributed by atoms with E-state index in [9.17, 15) is 0 Å². The summed E-state index contributed by atoms with van der Waals surface area (Å²) in [5.41, 5.74) is 0. The zero-order chi connectivity index (χ0) is 10.9. The maximum Gasteiger partial charge on any atom is 0.149 e. The van der Waals surface area contributed by atoms with Gasteiger partial charge in [0.15, 0.2) is 0 Å². The molecule has 0 unspecified atom stereocenters. The Balaban J connectivity index is 2.10. The molecule has 1 rings (SSSR count). The van der Waals surface area contributed by atoms with Gasteiger partial charge in [0.2, 0.25) is 0 Å². The Morgan fingerprint density at radius 2 is 2.27 bits per heavy atom. The number of halogens is 1. The zero-order valence-electron chi connectivity index (χ0n) is 8.32. The molecule has 0 saturated heterocycles. The Labute approximate surface area is 98.5 Å². The number of rotatable bonds is 7. The normalized spacial score (nSPS) is 10.3. The van der Waals surface area contributed by atoms with E-state index in [1.165, 1.54) is 6.20 Å². The minimum absolute atomic E-state index is 0.264. The Bertz CT molecular complexity index is 288. The first-order valence-corrected chi connectivity index (χ1v) is 6.26. The second kappa shape index (κ2) is 7.73. The quantitative estimate of drug-likeness (QED) is 0.718. The van der Waals surface area contributed by atoms with Crippen LogP contribution in [0.25, 0.3) is 0 Å². The Hall–Kier alpha value is -0.520. The van der Waals surface area contributed by atoms with Crippen LogP contribution in [0.15, 0.2) is 12.4 Å².